The SMILES string of the molecule is COC(=O)CCCCCCCCO[C@@H]1O[C@@H]2CO[C@H](c3ccc(OC)cc3)O[C@H]2[C@H](O)[C@H]1N1C(=O)c2ccccc2C1=O. The minimum atomic E-state index is -1.29. The van der Waals surface area contributed by atoms with Crippen molar-refractivity contribution in [1.29, 1.82) is 0 Å². The number of methoxy groups -OCH3 is 2. The van der Waals surface area contributed by atoms with Crippen molar-refractivity contribution in [1.82, 2.24) is 4.90 Å². The fourth-order valence-corrected chi connectivity index (χ4v) is 5.78. The van der Waals surface area contributed by atoms with Crippen molar-refractivity contribution in [3.63, 3.8) is 0 Å². The van der Waals surface area contributed by atoms with E-state index < -0.39 is 48.7 Å². The molecular weight excluding hydrogens is 558 g/mol. The van der Waals surface area contributed by atoms with Crippen LogP contribution in [-0.2, 0) is 28.5 Å². The number of nitrogens with zero attached hydrogens (tertiary/aromatic N) is 1. The molecule has 11 nitrogen and oxygen atoms in total. The normalized spacial score (nSPS) is 26.6. The van der Waals surface area contributed by atoms with E-state index in [0.717, 1.165) is 49.0 Å². The largest absolute Gasteiger partial charge is 0.497 e. The molecule has 2 aromatic rings. The van der Waals surface area contributed by atoms with Crippen LogP contribution < -0.4 is 4.74 Å². The number of aliphatic hydroxyl groups excluding tert-OH is 1. The highest BCUT2D eigenvalue weighted by molar-refractivity contribution is 6.21. The summed E-state index contributed by atoms with van der Waals surface area (Å²) in [5.74, 6) is -0.525. The van der Waals surface area contributed by atoms with E-state index in [1.54, 1.807) is 43.5 Å². The molecule has 0 unspecified atom stereocenters. The molecule has 3 aliphatic heterocycles. The molecule has 2 amide bonds. The Kier molecular flexibility index (Phi) is 10.4. The van der Waals surface area contributed by atoms with E-state index in [0.29, 0.717) is 18.8 Å². The number of amides is 2. The Morgan fingerprint density at radius 1 is 0.907 bits per heavy atom. The number of benzene rings is 2. The summed E-state index contributed by atoms with van der Waals surface area (Å²) in [5, 5.41) is 11.7. The Bertz CT molecular complexity index is 1230. The molecule has 232 valence electrons. The van der Waals surface area contributed by atoms with Crippen LogP contribution in [0.15, 0.2) is 48.5 Å². The van der Waals surface area contributed by atoms with E-state index in [1.807, 2.05) is 12.1 Å². The van der Waals surface area contributed by atoms with Gasteiger partial charge in [-0.2, -0.15) is 0 Å². The Morgan fingerprint density at radius 3 is 2.21 bits per heavy atom. The van der Waals surface area contributed by atoms with Crippen LogP contribution in [0.5, 0.6) is 5.75 Å². The third kappa shape index (κ3) is 6.91. The average Bonchev–Trinajstić information content (AvgIpc) is 3.29. The smallest absolute Gasteiger partial charge is 0.305 e. The van der Waals surface area contributed by atoms with Gasteiger partial charge >= 0.3 is 5.97 Å². The van der Waals surface area contributed by atoms with Crippen LogP contribution in [-0.4, -0.2) is 85.9 Å². The molecule has 1 N–H and O–H groups in total. The first-order chi connectivity index (χ1) is 20.9. The van der Waals surface area contributed by atoms with Gasteiger partial charge in [0.1, 0.15) is 30.1 Å². The molecule has 2 aromatic carbocycles. The lowest BCUT2D eigenvalue weighted by molar-refractivity contribution is -0.349. The molecular formula is C32H39NO10. The summed E-state index contributed by atoms with van der Waals surface area (Å²) < 4.78 is 34.4. The third-order valence-electron chi connectivity index (χ3n) is 8.13. The number of unbranched alkanes of at least 4 members (excludes halogenated alkanes) is 5. The second-order valence-corrected chi connectivity index (χ2v) is 10.9. The zero-order valence-corrected chi connectivity index (χ0v) is 24.5. The number of fused-ring (bicyclic) bond motifs is 2. The highest BCUT2D eigenvalue weighted by atomic mass is 16.7. The average molecular weight is 598 g/mol. The van der Waals surface area contributed by atoms with Crippen LogP contribution >= 0.6 is 0 Å². The van der Waals surface area contributed by atoms with Gasteiger partial charge in [-0.3, -0.25) is 19.3 Å². The number of rotatable bonds is 13. The van der Waals surface area contributed by atoms with Crippen LogP contribution in [0.4, 0.5) is 0 Å². The van der Waals surface area contributed by atoms with Crippen LogP contribution in [0.1, 0.15) is 77.5 Å². The first kappa shape index (κ1) is 31.1. The minimum Gasteiger partial charge on any atom is -0.497 e. The number of ether oxygens (including phenoxy) is 6. The summed E-state index contributed by atoms with van der Waals surface area (Å²) >= 11 is 0. The highest BCUT2D eigenvalue weighted by Gasteiger charge is 2.55. The lowest BCUT2D eigenvalue weighted by Crippen LogP contribution is -2.67. The molecule has 0 aliphatic carbocycles. The molecule has 5 rings (SSSR count). The summed E-state index contributed by atoms with van der Waals surface area (Å²) in [4.78, 5) is 39.2. The van der Waals surface area contributed by atoms with Gasteiger partial charge < -0.3 is 33.5 Å². The fraction of sp³-hybridized carbons (Fsp3) is 0.531. The monoisotopic (exact) mass is 597 g/mol. The van der Waals surface area contributed by atoms with Crippen molar-refractivity contribution < 1.29 is 47.9 Å². The molecule has 6 atom stereocenters. The van der Waals surface area contributed by atoms with Crippen molar-refractivity contribution in [2.45, 2.75) is 81.9 Å². The Morgan fingerprint density at radius 2 is 1.56 bits per heavy atom. The Balaban J connectivity index is 1.24. The number of carbonyl (C=O) groups excluding carboxylic acids is 3. The second kappa shape index (κ2) is 14.4. The first-order valence-electron chi connectivity index (χ1n) is 14.8. The summed E-state index contributed by atoms with van der Waals surface area (Å²) in [6.45, 7) is 0.436. The highest BCUT2D eigenvalue weighted by Crippen LogP contribution is 2.38. The molecule has 11 heteroatoms. The predicted octanol–water partition coefficient (Wildman–Crippen LogP) is 3.78. The number of esters is 1. The summed E-state index contributed by atoms with van der Waals surface area (Å²) in [7, 11) is 2.97. The van der Waals surface area contributed by atoms with Gasteiger partial charge in [0.25, 0.3) is 11.8 Å². The second-order valence-electron chi connectivity index (χ2n) is 10.9. The molecule has 0 saturated carbocycles. The predicted molar refractivity (Wildman–Crippen MR) is 152 cm³/mol. The minimum absolute atomic E-state index is 0.124. The van der Waals surface area contributed by atoms with Crippen molar-refractivity contribution in [3.05, 3.63) is 65.2 Å². The van der Waals surface area contributed by atoms with E-state index in [1.165, 1.54) is 7.11 Å². The van der Waals surface area contributed by atoms with Crippen molar-refractivity contribution in [2.75, 3.05) is 27.4 Å². The Hall–Kier alpha value is -3.35. The van der Waals surface area contributed by atoms with Gasteiger partial charge in [-0.1, -0.05) is 49.9 Å². The van der Waals surface area contributed by atoms with Gasteiger partial charge in [-0.25, -0.2) is 0 Å². The molecule has 0 bridgehead atoms. The van der Waals surface area contributed by atoms with Gasteiger partial charge in [0, 0.05) is 18.6 Å². The number of imide groups is 1. The van der Waals surface area contributed by atoms with Gasteiger partial charge in [0.2, 0.25) is 0 Å². The first-order valence-corrected chi connectivity index (χ1v) is 14.8. The lowest BCUT2D eigenvalue weighted by Gasteiger charge is -2.49. The molecule has 0 aromatic heterocycles. The maximum Gasteiger partial charge on any atom is 0.305 e. The molecule has 43 heavy (non-hydrogen) atoms. The van der Waals surface area contributed by atoms with Gasteiger partial charge in [-0.05, 0) is 37.1 Å². The molecule has 3 aliphatic rings. The van der Waals surface area contributed by atoms with Gasteiger partial charge in [0.05, 0.1) is 32.0 Å². The molecule has 2 fully saturated rings. The zero-order chi connectivity index (χ0) is 30.3. The quantitative estimate of drug-likeness (QED) is 0.207. The van der Waals surface area contributed by atoms with Crippen molar-refractivity contribution in [2.24, 2.45) is 0 Å². The van der Waals surface area contributed by atoms with Crippen LogP contribution in [0.3, 0.4) is 0 Å². The molecule has 0 spiro atoms. The number of aliphatic hydroxyl groups is 1. The van der Waals surface area contributed by atoms with E-state index in [-0.39, 0.29) is 23.7 Å². The number of hydrogen-bond acceptors (Lipinski definition) is 10. The van der Waals surface area contributed by atoms with Gasteiger partial charge in [-0.15, -0.1) is 0 Å². The maximum absolute atomic E-state index is 13.4. The van der Waals surface area contributed by atoms with E-state index in [4.69, 9.17) is 23.7 Å². The zero-order valence-electron chi connectivity index (χ0n) is 24.5. The molecule has 0 radical (unpaired) electrons. The molecule has 2 saturated heterocycles. The standard InChI is InChI=1S/C32H39NO10/c1-38-21-16-14-20(15-17-21)31-41-19-24-28(43-31)27(35)26(33-29(36)22-11-8-9-12-23(22)30(33)37)32(42-24)40-18-10-6-4-3-5-7-13-25(34)39-2/h8-9,11-12,14-17,24,26-28,31-32,35H,3-7,10,13,18-19H2,1-2H3/t24-,26-,27-,28-,31+,32-/m1/s1. The summed E-state index contributed by atoms with van der Waals surface area (Å²) in [6.07, 6.45) is 1.07. The molecule has 3 heterocycles. The van der Waals surface area contributed by atoms with E-state index >= 15 is 0 Å². The topological polar surface area (TPSA) is 130 Å². The van der Waals surface area contributed by atoms with Crippen LogP contribution in [0, 0.1) is 0 Å². The van der Waals surface area contributed by atoms with E-state index in [2.05, 4.69) is 4.74 Å². The third-order valence-corrected chi connectivity index (χ3v) is 8.13. The maximum atomic E-state index is 13.4. The van der Waals surface area contributed by atoms with E-state index in [9.17, 15) is 19.5 Å². The fourth-order valence-electron chi connectivity index (χ4n) is 5.78. The Labute approximate surface area is 250 Å². The van der Waals surface area contributed by atoms with Crippen LogP contribution in [0.2, 0.25) is 0 Å². The number of hydrogen-bond donors (Lipinski definition) is 1. The summed E-state index contributed by atoms with van der Waals surface area (Å²) in [5.41, 5.74) is 1.28. The number of carbonyl (C=O) groups is 3. The van der Waals surface area contributed by atoms with Crippen LogP contribution in [0.25, 0.3) is 0 Å². The van der Waals surface area contributed by atoms with Crippen molar-refractivity contribution >= 4 is 17.8 Å². The summed E-state index contributed by atoms with van der Waals surface area (Å²) in [6, 6.07) is 12.7. The lowest BCUT2D eigenvalue weighted by atomic mass is 9.94. The van der Waals surface area contributed by atoms with Crippen molar-refractivity contribution in [3.8, 4) is 5.75 Å². The van der Waals surface area contributed by atoms with Gasteiger partial charge in [0.15, 0.2) is 12.6 Å².